The van der Waals surface area contributed by atoms with Gasteiger partial charge in [0.1, 0.15) is 0 Å². The smallest absolute Gasteiger partial charge is 0.0435 e. The van der Waals surface area contributed by atoms with Crippen molar-refractivity contribution in [2.45, 2.75) is 38.8 Å². The molecule has 24 heavy (non-hydrogen) atoms. The molecule has 2 aliphatic rings. The van der Waals surface area contributed by atoms with E-state index < -0.39 is 0 Å². The Kier molecular flexibility index (Phi) is 4.44. The molecule has 3 heteroatoms. The van der Waals surface area contributed by atoms with Crippen molar-refractivity contribution in [1.82, 2.24) is 5.32 Å². The Hall–Kier alpha value is -2.00. The van der Waals surface area contributed by atoms with Crippen LogP contribution in [0.3, 0.4) is 0 Å². The highest BCUT2D eigenvalue weighted by atomic mass is 15.2. The van der Waals surface area contributed by atoms with E-state index in [1.807, 2.05) is 0 Å². The van der Waals surface area contributed by atoms with E-state index in [9.17, 15) is 0 Å². The molecule has 3 nitrogen and oxygen atoms in total. The fraction of sp³-hybridized carbons (Fsp3) is 0.429. The Balaban J connectivity index is 1.66. The van der Waals surface area contributed by atoms with E-state index in [-0.39, 0.29) is 0 Å². The van der Waals surface area contributed by atoms with Crippen LogP contribution in [-0.2, 0) is 13.0 Å². The number of anilines is 2. The van der Waals surface area contributed by atoms with Crippen molar-refractivity contribution >= 4 is 11.4 Å². The molecule has 2 aliphatic heterocycles. The molecule has 2 N–H and O–H groups in total. The molecule has 126 valence electrons. The summed E-state index contributed by atoms with van der Waals surface area (Å²) < 4.78 is 0. The van der Waals surface area contributed by atoms with Gasteiger partial charge in [-0.1, -0.05) is 24.3 Å². The predicted octanol–water partition coefficient (Wildman–Crippen LogP) is 3.72. The second kappa shape index (κ2) is 6.86. The molecule has 0 bridgehead atoms. The Labute approximate surface area is 145 Å². The lowest BCUT2D eigenvalue weighted by molar-refractivity contribution is 0.428. The highest BCUT2D eigenvalue weighted by Gasteiger charge is 2.23. The van der Waals surface area contributed by atoms with E-state index in [4.69, 9.17) is 0 Å². The summed E-state index contributed by atoms with van der Waals surface area (Å²) in [6.45, 7) is 6.55. The number of nitrogens with one attached hydrogen (secondary N) is 2. The van der Waals surface area contributed by atoms with Gasteiger partial charge in [0.15, 0.2) is 0 Å². The van der Waals surface area contributed by atoms with Crippen LogP contribution in [0.4, 0.5) is 11.4 Å². The van der Waals surface area contributed by atoms with Crippen molar-refractivity contribution in [3.05, 3.63) is 59.2 Å². The van der Waals surface area contributed by atoms with Crippen LogP contribution in [0.15, 0.2) is 42.5 Å². The zero-order chi connectivity index (χ0) is 16.4. The van der Waals surface area contributed by atoms with Gasteiger partial charge in [-0.15, -0.1) is 0 Å². The molecule has 1 saturated heterocycles. The van der Waals surface area contributed by atoms with Crippen molar-refractivity contribution in [3.8, 4) is 0 Å². The lowest BCUT2D eigenvalue weighted by atomic mass is 10.0. The summed E-state index contributed by atoms with van der Waals surface area (Å²) in [5.74, 6) is 0. The number of benzene rings is 2. The summed E-state index contributed by atoms with van der Waals surface area (Å²) in [6, 6.07) is 16.4. The summed E-state index contributed by atoms with van der Waals surface area (Å²) in [7, 11) is 0. The first-order valence-corrected chi connectivity index (χ1v) is 9.20. The van der Waals surface area contributed by atoms with Gasteiger partial charge < -0.3 is 15.5 Å². The molecule has 2 heterocycles. The molecule has 4 rings (SSSR count). The molecule has 0 aliphatic carbocycles. The fourth-order valence-electron chi connectivity index (χ4n) is 3.99. The van der Waals surface area contributed by atoms with Crippen LogP contribution in [0, 0.1) is 6.92 Å². The van der Waals surface area contributed by atoms with Crippen LogP contribution >= 0.6 is 0 Å². The SMILES string of the molecule is Cc1ccccc1CN(c1ccc2c(c1)CCN2)C1CCNCC1. The maximum atomic E-state index is 3.50. The van der Waals surface area contributed by atoms with E-state index in [1.54, 1.807) is 0 Å². The van der Waals surface area contributed by atoms with E-state index in [0.717, 1.165) is 32.6 Å². The molecule has 0 aromatic heterocycles. The second-order valence-electron chi connectivity index (χ2n) is 7.05. The van der Waals surface area contributed by atoms with Crippen molar-refractivity contribution in [2.75, 3.05) is 29.9 Å². The average Bonchev–Trinajstić information content (AvgIpc) is 3.09. The summed E-state index contributed by atoms with van der Waals surface area (Å²) in [6.07, 6.45) is 3.59. The standard InChI is InChI=1S/C21H27N3/c1-16-4-2-3-5-18(16)15-24(19-9-11-22-12-10-19)20-6-7-21-17(14-20)8-13-23-21/h2-7,14,19,22-23H,8-13,15H2,1H3. The van der Waals surface area contributed by atoms with Gasteiger partial charge in [0.25, 0.3) is 0 Å². The monoisotopic (exact) mass is 321 g/mol. The molecular formula is C21H27N3. The minimum atomic E-state index is 0.623. The van der Waals surface area contributed by atoms with Crippen LogP contribution < -0.4 is 15.5 Å². The van der Waals surface area contributed by atoms with Gasteiger partial charge in [0.05, 0.1) is 0 Å². The van der Waals surface area contributed by atoms with Crippen LogP contribution in [0.1, 0.15) is 29.5 Å². The van der Waals surface area contributed by atoms with Gasteiger partial charge in [-0.3, -0.25) is 0 Å². The quantitative estimate of drug-likeness (QED) is 0.899. The van der Waals surface area contributed by atoms with E-state index in [2.05, 4.69) is 64.9 Å². The molecule has 0 amide bonds. The number of piperidine rings is 1. The van der Waals surface area contributed by atoms with Crippen LogP contribution in [0.5, 0.6) is 0 Å². The van der Waals surface area contributed by atoms with Crippen molar-refractivity contribution in [3.63, 3.8) is 0 Å². The maximum absolute atomic E-state index is 3.50. The molecule has 0 unspecified atom stereocenters. The van der Waals surface area contributed by atoms with Crippen molar-refractivity contribution < 1.29 is 0 Å². The summed E-state index contributed by atoms with van der Waals surface area (Å²) in [5, 5.41) is 6.98. The van der Waals surface area contributed by atoms with Crippen LogP contribution in [0.25, 0.3) is 0 Å². The normalized spacial score (nSPS) is 17.4. The third-order valence-electron chi connectivity index (χ3n) is 5.48. The number of hydrogen-bond donors (Lipinski definition) is 2. The highest BCUT2D eigenvalue weighted by Crippen LogP contribution is 2.31. The van der Waals surface area contributed by atoms with Crippen LogP contribution in [0.2, 0.25) is 0 Å². The van der Waals surface area contributed by atoms with Gasteiger partial charge in [-0.25, -0.2) is 0 Å². The Morgan fingerprint density at radius 3 is 2.71 bits per heavy atom. The van der Waals surface area contributed by atoms with E-state index in [0.29, 0.717) is 6.04 Å². The molecule has 0 saturated carbocycles. The molecule has 2 aromatic carbocycles. The largest absolute Gasteiger partial charge is 0.384 e. The zero-order valence-corrected chi connectivity index (χ0v) is 14.5. The molecule has 0 atom stereocenters. The maximum Gasteiger partial charge on any atom is 0.0435 e. The zero-order valence-electron chi connectivity index (χ0n) is 14.5. The van der Waals surface area contributed by atoms with Crippen molar-refractivity contribution in [1.29, 1.82) is 0 Å². The fourth-order valence-corrected chi connectivity index (χ4v) is 3.99. The lowest BCUT2D eigenvalue weighted by Crippen LogP contribution is -2.43. The first-order valence-electron chi connectivity index (χ1n) is 9.20. The average molecular weight is 321 g/mol. The number of aryl methyl sites for hydroxylation is 1. The summed E-state index contributed by atoms with van der Waals surface area (Å²) >= 11 is 0. The Morgan fingerprint density at radius 1 is 1.04 bits per heavy atom. The topological polar surface area (TPSA) is 27.3 Å². The molecule has 1 fully saturated rings. The molecule has 2 aromatic rings. The van der Waals surface area contributed by atoms with Gasteiger partial charge in [0.2, 0.25) is 0 Å². The number of rotatable bonds is 4. The lowest BCUT2D eigenvalue weighted by Gasteiger charge is -2.37. The molecule has 0 radical (unpaired) electrons. The Bertz CT molecular complexity index is 704. The highest BCUT2D eigenvalue weighted by molar-refractivity contribution is 5.63. The van der Waals surface area contributed by atoms with Gasteiger partial charge >= 0.3 is 0 Å². The second-order valence-corrected chi connectivity index (χ2v) is 7.05. The van der Waals surface area contributed by atoms with E-state index in [1.165, 1.54) is 40.9 Å². The minimum absolute atomic E-state index is 0.623. The molecular weight excluding hydrogens is 294 g/mol. The van der Waals surface area contributed by atoms with Gasteiger partial charge in [0, 0.05) is 30.5 Å². The third-order valence-corrected chi connectivity index (χ3v) is 5.48. The summed E-state index contributed by atoms with van der Waals surface area (Å²) in [4.78, 5) is 2.64. The third kappa shape index (κ3) is 3.13. The number of hydrogen-bond acceptors (Lipinski definition) is 3. The first-order chi connectivity index (χ1) is 11.8. The number of nitrogens with zero attached hydrogens (tertiary/aromatic N) is 1. The minimum Gasteiger partial charge on any atom is -0.384 e. The van der Waals surface area contributed by atoms with Gasteiger partial charge in [-0.05, 0) is 74.2 Å². The molecule has 0 spiro atoms. The summed E-state index contributed by atoms with van der Waals surface area (Å²) in [5.41, 5.74) is 7.00. The van der Waals surface area contributed by atoms with Crippen molar-refractivity contribution in [2.24, 2.45) is 0 Å². The van der Waals surface area contributed by atoms with Gasteiger partial charge in [-0.2, -0.15) is 0 Å². The number of fused-ring (bicyclic) bond motifs is 1. The predicted molar refractivity (Wildman–Crippen MR) is 102 cm³/mol. The first kappa shape index (κ1) is 15.5. The van der Waals surface area contributed by atoms with Crippen LogP contribution in [-0.4, -0.2) is 25.7 Å². The van der Waals surface area contributed by atoms with E-state index >= 15 is 0 Å². The Morgan fingerprint density at radius 2 is 1.88 bits per heavy atom.